The predicted molar refractivity (Wildman–Crippen MR) is 60.8 cm³/mol. The second-order valence-corrected chi connectivity index (χ2v) is 5.05. The van der Waals surface area contributed by atoms with Gasteiger partial charge in [-0.15, -0.1) is 0 Å². The Hall–Kier alpha value is -1.06. The predicted octanol–water partition coefficient (Wildman–Crippen LogP) is 1.80. The van der Waals surface area contributed by atoms with Gasteiger partial charge >= 0.3 is 6.03 Å². The van der Waals surface area contributed by atoms with Crippen LogP contribution in [0.3, 0.4) is 0 Å². The van der Waals surface area contributed by atoms with Crippen LogP contribution in [0.25, 0.3) is 0 Å². The smallest absolute Gasteiger partial charge is 0.322 e. The Morgan fingerprint density at radius 1 is 1.12 bits per heavy atom. The first kappa shape index (κ1) is 11.4. The van der Waals surface area contributed by atoms with Crippen LogP contribution in [0.1, 0.15) is 45.4 Å². The molecule has 0 bridgehead atoms. The molecule has 4 heteroatoms. The summed E-state index contributed by atoms with van der Waals surface area (Å²) in [5.41, 5.74) is 0. The summed E-state index contributed by atoms with van der Waals surface area (Å²) in [5, 5.41) is 5.04. The summed E-state index contributed by atoms with van der Waals surface area (Å²) in [5.74, 6) is 0.683. The first-order chi connectivity index (χ1) is 7.68. The second-order valence-electron chi connectivity index (χ2n) is 5.05. The molecule has 0 aromatic carbocycles. The normalized spacial score (nSPS) is 29.4. The van der Waals surface area contributed by atoms with E-state index in [1.54, 1.807) is 0 Å². The van der Waals surface area contributed by atoms with Crippen LogP contribution in [0.15, 0.2) is 0 Å². The zero-order chi connectivity index (χ0) is 11.5. The summed E-state index contributed by atoms with van der Waals surface area (Å²) in [6, 6.07) is -0.647. The van der Waals surface area contributed by atoms with E-state index in [9.17, 15) is 9.59 Å². The summed E-state index contributed by atoms with van der Waals surface area (Å²) in [7, 11) is 0. The van der Waals surface area contributed by atoms with Gasteiger partial charge in [0.05, 0.1) is 0 Å². The molecular weight excluding hydrogens is 204 g/mol. The van der Waals surface area contributed by atoms with E-state index in [2.05, 4.69) is 17.6 Å². The van der Waals surface area contributed by atoms with Crippen molar-refractivity contribution in [2.75, 3.05) is 0 Å². The molecule has 2 unspecified atom stereocenters. The van der Waals surface area contributed by atoms with Crippen LogP contribution >= 0.6 is 0 Å². The van der Waals surface area contributed by atoms with Gasteiger partial charge in [0, 0.05) is 0 Å². The minimum atomic E-state index is -0.338. The molecule has 1 saturated heterocycles. The van der Waals surface area contributed by atoms with Crippen LogP contribution in [0.4, 0.5) is 4.79 Å². The highest BCUT2D eigenvalue weighted by Gasteiger charge is 2.37. The number of carbonyl (C=O) groups is 2. The largest absolute Gasteiger partial charge is 0.326 e. The Balaban J connectivity index is 1.97. The Morgan fingerprint density at radius 2 is 1.75 bits per heavy atom. The molecule has 1 aliphatic carbocycles. The summed E-state index contributed by atoms with van der Waals surface area (Å²) < 4.78 is 0. The molecule has 0 spiro atoms. The van der Waals surface area contributed by atoms with E-state index in [4.69, 9.17) is 0 Å². The van der Waals surface area contributed by atoms with Crippen LogP contribution in [0.5, 0.6) is 0 Å². The zero-order valence-electron chi connectivity index (χ0n) is 9.79. The molecule has 3 amide bonds. The molecule has 2 N–H and O–H groups in total. The summed E-state index contributed by atoms with van der Waals surface area (Å²) in [6.45, 7) is 2.09. The van der Waals surface area contributed by atoms with E-state index in [0.29, 0.717) is 5.92 Å². The maximum absolute atomic E-state index is 11.6. The van der Waals surface area contributed by atoms with E-state index >= 15 is 0 Å². The van der Waals surface area contributed by atoms with Crippen LogP contribution in [0.2, 0.25) is 0 Å². The topological polar surface area (TPSA) is 58.2 Å². The quantitative estimate of drug-likeness (QED) is 0.555. The molecule has 16 heavy (non-hydrogen) atoms. The van der Waals surface area contributed by atoms with Crippen LogP contribution in [-0.2, 0) is 4.79 Å². The van der Waals surface area contributed by atoms with Crippen molar-refractivity contribution in [1.29, 1.82) is 0 Å². The standard InChI is InChI=1S/C12H20N2O2/c1-8(9-6-4-2-3-5-7-9)10-11(15)14-12(16)13-10/h8-10H,2-7H2,1H3,(H2,13,14,15,16). The van der Waals surface area contributed by atoms with Crippen molar-refractivity contribution in [3.8, 4) is 0 Å². The number of hydrogen-bond donors (Lipinski definition) is 2. The average Bonchev–Trinajstić information content (AvgIpc) is 2.49. The van der Waals surface area contributed by atoms with E-state index in [1.165, 1.54) is 38.5 Å². The van der Waals surface area contributed by atoms with Crippen molar-refractivity contribution in [3.05, 3.63) is 0 Å². The fourth-order valence-corrected chi connectivity index (χ4v) is 2.91. The number of imide groups is 1. The van der Waals surface area contributed by atoms with Gasteiger partial charge in [-0.05, 0) is 11.8 Å². The van der Waals surface area contributed by atoms with Crippen molar-refractivity contribution in [2.45, 2.75) is 51.5 Å². The fraction of sp³-hybridized carbons (Fsp3) is 0.833. The monoisotopic (exact) mass is 224 g/mol. The molecular formula is C12H20N2O2. The molecule has 1 aliphatic heterocycles. The van der Waals surface area contributed by atoms with Gasteiger partial charge in [0.2, 0.25) is 0 Å². The molecule has 90 valence electrons. The highest BCUT2D eigenvalue weighted by molar-refractivity contribution is 6.04. The van der Waals surface area contributed by atoms with Crippen molar-refractivity contribution < 1.29 is 9.59 Å². The van der Waals surface area contributed by atoms with E-state index in [0.717, 1.165) is 0 Å². The van der Waals surface area contributed by atoms with E-state index in [1.807, 2.05) is 0 Å². The average molecular weight is 224 g/mol. The third-order valence-corrected chi connectivity index (χ3v) is 3.97. The van der Waals surface area contributed by atoms with Crippen molar-refractivity contribution >= 4 is 11.9 Å². The molecule has 4 nitrogen and oxygen atoms in total. The lowest BCUT2D eigenvalue weighted by atomic mass is 9.82. The summed E-state index contributed by atoms with van der Waals surface area (Å²) in [4.78, 5) is 22.6. The Bertz CT molecular complexity index is 283. The third-order valence-electron chi connectivity index (χ3n) is 3.97. The lowest BCUT2D eigenvalue weighted by Gasteiger charge is -2.25. The Labute approximate surface area is 96.2 Å². The lowest BCUT2D eigenvalue weighted by molar-refractivity contribution is -0.121. The highest BCUT2D eigenvalue weighted by atomic mass is 16.2. The molecule has 2 rings (SSSR count). The minimum Gasteiger partial charge on any atom is -0.326 e. The van der Waals surface area contributed by atoms with Crippen molar-refractivity contribution in [3.63, 3.8) is 0 Å². The number of rotatable bonds is 2. The number of hydrogen-bond acceptors (Lipinski definition) is 2. The molecule has 0 aromatic heterocycles. The van der Waals surface area contributed by atoms with Gasteiger partial charge in [0.1, 0.15) is 6.04 Å². The Morgan fingerprint density at radius 3 is 2.25 bits per heavy atom. The van der Waals surface area contributed by atoms with Crippen LogP contribution < -0.4 is 10.6 Å². The highest BCUT2D eigenvalue weighted by Crippen LogP contribution is 2.31. The summed E-state index contributed by atoms with van der Waals surface area (Å²) in [6.07, 6.45) is 7.54. The molecule has 1 saturated carbocycles. The molecule has 2 aliphatic rings. The van der Waals surface area contributed by atoms with Crippen molar-refractivity contribution in [1.82, 2.24) is 10.6 Å². The van der Waals surface area contributed by atoms with E-state index in [-0.39, 0.29) is 23.9 Å². The van der Waals surface area contributed by atoms with Gasteiger partial charge in [-0.3, -0.25) is 10.1 Å². The number of nitrogens with one attached hydrogen (secondary N) is 2. The molecule has 2 fully saturated rings. The van der Waals surface area contributed by atoms with Crippen LogP contribution in [0, 0.1) is 11.8 Å². The molecule has 0 aromatic rings. The van der Waals surface area contributed by atoms with Gasteiger partial charge in [0.15, 0.2) is 0 Å². The van der Waals surface area contributed by atoms with Crippen LogP contribution in [-0.4, -0.2) is 18.0 Å². The maximum Gasteiger partial charge on any atom is 0.322 e. The molecule has 2 atom stereocenters. The third kappa shape index (κ3) is 2.36. The minimum absolute atomic E-state index is 0.151. The lowest BCUT2D eigenvalue weighted by Crippen LogP contribution is -2.39. The Kier molecular flexibility index (Phi) is 3.46. The van der Waals surface area contributed by atoms with Gasteiger partial charge in [-0.2, -0.15) is 0 Å². The second kappa shape index (κ2) is 4.85. The molecule has 0 radical (unpaired) electrons. The fourth-order valence-electron chi connectivity index (χ4n) is 2.91. The zero-order valence-corrected chi connectivity index (χ0v) is 9.79. The number of urea groups is 1. The SMILES string of the molecule is CC(C1CCCCCC1)C1NC(=O)NC1=O. The van der Waals surface area contributed by atoms with Gasteiger partial charge < -0.3 is 5.32 Å². The first-order valence-corrected chi connectivity index (χ1v) is 6.30. The number of amides is 3. The van der Waals surface area contributed by atoms with Gasteiger partial charge in [-0.1, -0.05) is 45.4 Å². The van der Waals surface area contributed by atoms with Gasteiger partial charge in [-0.25, -0.2) is 4.79 Å². The van der Waals surface area contributed by atoms with Crippen molar-refractivity contribution in [2.24, 2.45) is 11.8 Å². The number of carbonyl (C=O) groups excluding carboxylic acids is 2. The van der Waals surface area contributed by atoms with E-state index < -0.39 is 0 Å². The first-order valence-electron chi connectivity index (χ1n) is 6.30. The summed E-state index contributed by atoms with van der Waals surface area (Å²) >= 11 is 0. The molecule has 1 heterocycles. The maximum atomic E-state index is 11.6. The van der Waals surface area contributed by atoms with Gasteiger partial charge in [0.25, 0.3) is 5.91 Å².